The minimum absolute atomic E-state index is 0.373. The number of nitrogens with one attached hydrogen (secondary N) is 1. The molecule has 1 aromatic carbocycles. The first kappa shape index (κ1) is 19.1. The van der Waals surface area contributed by atoms with Crippen molar-refractivity contribution in [3.05, 3.63) is 65.2 Å². The van der Waals surface area contributed by atoms with Crippen molar-refractivity contribution in [1.82, 2.24) is 14.8 Å². The Hall–Kier alpha value is -3.68. The fraction of sp³-hybridized carbons (Fsp3) is 0.200. The van der Waals surface area contributed by atoms with E-state index in [-0.39, 0.29) is 5.56 Å². The van der Waals surface area contributed by atoms with Crippen LogP contribution in [0, 0.1) is 0 Å². The Balaban J connectivity index is 1.87. The maximum Gasteiger partial charge on any atom is 0.267 e. The highest BCUT2D eigenvalue weighted by Gasteiger charge is 2.20. The van der Waals surface area contributed by atoms with Crippen molar-refractivity contribution in [3.63, 3.8) is 0 Å². The zero-order chi connectivity index (χ0) is 20.1. The Labute approximate surface area is 161 Å². The van der Waals surface area contributed by atoms with Crippen LogP contribution in [0.2, 0.25) is 0 Å². The third-order valence-corrected chi connectivity index (χ3v) is 4.21. The molecule has 0 saturated carbocycles. The van der Waals surface area contributed by atoms with Crippen molar-refractivity contribution >= 4 is 11.6 Å². The van der Waals surface area contributed by atoms with E-state index in [1.165, 1.54) is 13.2 Å². The van der Waals surface area contributed by atoms with Gasteiger partial charge in [0, 0.05) is 30.1 Å². The maximum absolute atomic E-state index is 12.7. The number of aromatic nitrogens is 3. The zero-order valence-corrected chi connectivity index (χ0v) is 15.7. The van der Waals surface area contributed by atoms with Crippen molar-refractivity contribution in [2.45, 2.75) is 13.0 Å². The number of carbonyl (C=O) groups excluding carboxylic acids is 1. The molecule has 0 radical (unpaired) electrons. The summed E-state index contributed by atoms with van der Waals surface area (Å²) < 4.78 is 11.6. The molecule has 0 spiro atoms. The van der Waals surface area contributed by atoms with Gasteiger partial charge >= 0.3 is 0 Å². The fourth-order valence-corrected chi connectivity index (χ4v) is 2.63. The van der Waals surface area contributed by atoms with Crippen LogP contribution in [0.5, 0.6) is 11.5 Å². The predicted octanol–water partition coefficient (Wildman–Crippen LogP) is 2.52. The van der Waals surface area contributed by atoms with Crippen LogP contribution in [-0.2, 0) is 4.79 Å². The molecule has 2 heterocycles. The lowest BCUT2D eigenvalue weighted by Gasteiger charge is -2.16. The van der Waals surface area contributed by atoms with Crippen LogP contribution in [0.25, 0.3) is 11.3 Å². The molecule has 1 unspecified atom stereocenters. The molecule has 0 aliphatic heterocycles. The van der Waals surface area contributed by atoms with E-state index in [0.717, 1.165) is 10.2 Å². The summed E-state index contributed by atoms with van der Waals surface area (Å²) in [5, 5.41) is 7.11. The molecule has 1 atom stereocenters. The van der Waals surface area contributed by atoms with E-state index in [1.807, 2.05) is 0 Å². The molecule has 2 aromatic heterocycles. The largest absolute Gasteiger partial charge is 0.497 e. The monoisotopic (exact) mass is 380 g/mol. The Kier molecular flexibility index (Phi) is 5.69. The number of amides is 1. The number of ether oxygens (including phenoxy) is 2. The number of hydrogen-bond donors (Lipinski definition) is 1. The van der Waals surface area contributed by atoms with E-state index < -0.39 is 11.9 Å². The van der Waals surface area contributed by atoms with Gasteiger partial charge in [0.1, 0.15) is 17.5 Å². The number of nitrogens with zero attached hydrogens (tertiary/aromatic N) is 3. The molecule has 0 bridgehead atoms. The van der Waals surface area contributed by atoms with Crippen molar-refractivity contribution < 1.29 is 14.3 Å². The average molecular weight is 380 g/mol. The number of hydrogen-bond acceptors (Lipinski definition) is 6. The molecule has 0 fully saturated rings. The highest BCUT2D eigenvalue weighted by Crippen LogP contribution is 2.29. The number of anilines is 1. The Morgan fingerprint density at radius 2 is 1.82 bits per heavy atom. The van der Waals surface area contributed by atoms with Crippen LogP contribution >= 0.6 is 0 Å². The third kappa shape index (κ3) is 4.01. The quantitative estimate of drug-likeness (QED) is 0.706. The van der Waals surface area contributed by atoms with Crippen molar-refractivity contribution in [1.29, 1.82) is 0 Å². The molecule has 0 aliphatic carbocycles. The summed E-state index contributed by atoms with van der Waals surface area (Å²) in [7, 11) is 3.04. The molecular weight excluding hydrogens is 360 g/mol. The summed E-state index contributed by atoms with van der Waals surface area (Å²) >= 11 is 0. The number of benzene rings is 1. The van der Waals surface area contributed by atoms with E-state index in [0.29, 0.717) is 22.9 Å². The molecule has 28 heavy (non-hydrogen) atoms. The first-order chi connectivity index (χ1) is 13.5. The van der Waals surface area contributed by atoms with Gasteiger partial charge in [0.15, 0.2) is 0 Å². The standard InChI is InChI=1S/C20H20N4O4/c1-13(20(26)22-17-5-4-15(27-2)12-18(17)28-3)24-19(25)7-6-16(23-24)14-8-10-21-11-9-14/h4-13H,1-3H3,(H,22,26). The zero-order valence-electron chi connectivity index (χ0n) is 15.7. The lowest BCUT2D eigenvalue weighted by molar-refractivity contribution is -0.119. The lowest BCUT2D eigenvalue weighted by Crippen LogP contribution is -2.33. The normalized spacial score (nSPS) is 11.5. The van der Waals surface area contributed by atoms with Gasteiger partial charge in [-0.05, 0) is 37.3 Å². The SMILES string of the molecule is COc1ccc(NC(=O)C(C)n2nc(-c3ccncc3)ccc2=O)c(OC)c1. The Morgan fingerprint density at radius 1 is 1.07 bits per heavy atom. The van der Waals surface area contributed by atoms with E-state index in [9.17, 15) is 9.59 Å². The molecule has 3 rings (SSSR count). The van der Waals surface area contributed by atoms with Crippen LogP contribution in [0.4, 0.5) is 5.69 Å². The second-order valence-corrected chi connectivity index (χ2v) is 5.97. The fourth-order valence-electron chi connectivity index (χ4n) is 2.63. The van der Waals surface area contributed by atoms with E-state index in [2.05, 4.69) is 15.4 Å². The summed E-state index contributed by atoms with van der Waals surface area (Å²) in [5.41, 5.74) is 1.47. The number of pyridine rings is 1. The summed E-state index contributed by atoms with van der Waals surface area (Å²) in [6, 6.07) is 10.8. The van der Waals surface area contributed by atoms with Crippen molar-refractivity contribution in [2.24, 2.45) is 0 Å². The van der Waals surface area contributed by atoms with Gasteiger partial charge in [-0.2, -0.15) is 5.10 Å². The summed E-state index contributed by atoms with van der Waals surface area (Å²) in [5.74, 6) is 0.654. The van der Waals surface area contributed by atoms with Gasteiger partial charge in [-0.1, -0.05) is 0 Å². The van der Waals surface area contributed by atoms with Gasteiger partial charge in [-0.3, -0.25) is 14.6 Å². The molecule has 0 saturated heterocycles. The van der Waals surface area contributed by atoms with Crippen LogP contribution in [-0.4, -0.2) is 34.9 Å². The molecule has 8 nitrogen and oxygen atoms in total. The maximum atomic E-state index is 12.7. The second-order valence-electron chi connectivity index (χ2n) is 5.97. The Morgan fingerprint density at radius 3 is 2.50 bits per heavy atom. The van der Waals surface area contributed by atoms with Crippen LogP contribution in [0.3, 0.4) is 0 Å². The van der Waals surface area contributed by atoms with Gasteiger partial charge < -0.3 is 14.8 Å². The van der Waals surface area contributed by atoms with Gasteiger partial charge in [0.2, 0.25) is 5.91 Å². The third-order valence-electron chi connectivity index (χ3n) is 4.21. The molecular formula is C20H20N4O4. The molecule has 0 aliphatic rings. The molecule has 1 N–H and O–H groups in total. The van der Waals surface area contributed by atoms with E-state index in [4.69, 9.17) is 9.47 Å². The number of carbonyl (C=O) groups is 1. The summed E-state index contributed by atoms with van der Waals surface area (Å²) in [6.07, 6.45) is 3.27. The number of rotatable bonds is 6. The number of methoxy groups -OCH3 is 2. The minimum atomic E-state index is -0.832. The van der Waals surface area contributed by atoms with Crippen molar-refractivity contribution in [3.8, 4) is 22.8 Å². The van der Waals surface area contributed by atoms with E-state index >= 15 is 0 Å². The molecule has 1 amide bonds. The smallest absolute Gasteiger partial charge is 0.267 e. The van der Waals surface area contributed by atoms with Crippen molar-refractivity contribution in [2.75, 3.05) is 19.5 Å². The second kappa shape index (κ2) is 8.34. The van der Waals surface area contributed by atoms with Crippen LogP contribution < -0.4 is 20.3 Å². The first-order valence-electron chi connectivity index (χ1n) is 8.56. The molecule has 3 aromatic rings. The lowest BCUT2D eigenvalue weighted by atomic mass is 10.2. The van der Waals surface area contributed by atoms with Crippen LogP contribution in [0.15, 0.2) is 59.7 Å². The Bertz CT molecular complexity index is 1030. The summed E-state index contributed by atoms with van der Waals surface area (Å²) in [4.78, 5) is 29.0. The highest BCUT2D eigenvalue weighted by molar-refractivity contribution is 5.94. The van der Waals surface area contributed by atoms with Gasteiger partial charge in [0.05, 0.1) is 25.6 Å². The van der Waals surface area contributed by atoms with Crippen LogP contribution in [0.1, 0.15) is 13.0 Å². The highest BCUT2D eigenvalue weighted by atomic mass is 16.5. The topological polar surface area (TPSA) is 95.3 Å². The van der Waals surface area contributed by atoms with Gasteiger partial charge in [-0.15, -0.1) is 0 Å². The average Bonchev–Trinajstić information content (AvgIpc) is 2.74. The van der Waals surface area contributed by atoms with E-state index in [1.54, 1.807) is 62.8 Å². The predicted molar refractivity (Wildman–Crippen MR) is 105 cm³/mol. The molecule has 144 valence electrons. The first-order valence-corrected chi connectivity index (χ1v) is 8.56. The van der Waals surface area contributed by atoms with Gasteiger partial charge in [-0.25, -0.2) is 4.68 Å². The van der Waals surface area contributed by atoms with Gasteiger partial charge in [0.25, 0.3) is 5.56 Å². The summed E-state index contributed by atoms with van der Waals surface area (Å²) in [6.45, 7) is 1.61. The molecule has 8 heteroatoms. The minimum Gasteiger partial charge on any atom is -0.497 e.